The molecule has 2 aromatic rings. The highest BCUT2D eigenvalue weighted by Crippen LogP contribution is 2.21. The van der Waals surface area contributed by atoms with Crippen LogP contribution in [0, 0.1) is 3.57 Å². The molecule has 0 atom stereocenters. The van der Waals surface area contributed by atoms with Crippen LogP contribution in [-0.2, 0) is 6.54 Å². The van der Waals surface area contributed by atoms with Crippen LogP contribution in [0.2, 0.25) is 0 Å². The fourth-order valence-electron chi connectivity index (χ4n) is 2.13. The van der Waals surface area contributed by atoms with Crippen LogP contribution in [0.3, 0.4) is 0 Å². The molecule has 0 saturated carbocycles. The molecule has 0 aliphatic heterocycles. The van der Waals surface area contributed by atoms with E-state index >= 15 is 0 Å². The second-order valence-electron chi connectivity index (χ2n) is 6.05. The number of rotatable bonds is 3. The number of amides is 1. The SMILES string of the molecule is CC(C)(C)N(Cc1ccccc1)C(=O)c1ccc(I)cc1. The maximum Gasteiger partial charge on any atom is 0.254 e. The van der Waals surface area contributed by atoms with Gasteiger partial charge in [0.05, 0.1) is 0 Å². The average molecular weight is 393 g/mol. The Labute approximate surface area is 140 Å². The van der Waals surface area contributed by atoms with Crippen molar-refractivity contribution in [2.45, 2.75) is 32.9 Å². The predicted molar refractivity (Wildman–Crippen MR) is 95.2 cm³/mol. The van der Waals surface area contributed by atoms with Crippen molar-refractivity contribution in [2.75, 3.05) is 0 Å². The van der Waals surface area contributed by atoms with Crippen LogP contribution in [0.4, 0.5) is 0 Å². The van der Waals surface area contributed by atoms with Crippen LogP contribution < -0.4 is 0 Å². The molecule has 21 heavy (non-hydrogen) atoms. The summed E-state index contributed by atoms with van der Waals surface area (Å²) in [6.45, 7) is 6.83. The van der Waals surface area contributed by atoms with Crippen molar-refractivity contribution in [2.24, 2.45) is 0 Å². The molecule has 0 radical (unpaired) electrons. The first-order chi connectivity index (χ1) is 9.88. The monoisotopic (exact) mass is 393 g/mol. The van der Waals surface area contributed by atoms with Gasteiger partial charge in [-0.3, -0.25) is 4.79 Å². The lowest BCUT2D eigenvalue weighted by Crippen LogP contribution is -2.45. The van der Waals surface area contributed by atoms with Gasteiger partial charge < -0.3 is 4.90 Å². The van der Waals surface area contributed by atoms with Crippen LogP contribution >= 0.6 is 22.6 Å². The van der Waals surface area contributed by atoms with Gasteiger partial charge in [0, 0.05) is 21.2 Å². The van der Waals surface area contributed by atoms with Gasteiger partial charge in [0.25, 0.3) is 5.91 Å². The lowest BCUT2D eigenvalue weighted by atomic mass is 10.0. The topological polar surface area (TPSA) is 20.3 Å². The summed E-state index contributed by atoms with van der Waals surface area (Å²) < 4.78 is 1.13. The molecule has 0 aliphatic carbocycles. The van der Waals surface area contributed by atoms with Gasteiger partial charge in [-0.1, -0.05) is 30.3 Å². The third kappa shape index (κ3) is 4.30. The van der Waals surface area contributed by atoms with Crippen LogP contribution in [-0.4, -0.2) is 16.3 Å². The van der Waals surface area contributed by atoms with E-state index in [2.05, 4.69) is 55.5 Å². The Morgan fingerprint density at radius 2 is 1.57 bits per heavy atom. The summed E-state index contributed by atoms with van der Waals surface area (Å²) in [5.41, 5.74) is 1.66. The van der Waals surface area contributed by atoms with Gasteiger partial charge in [0.2, 0.25) is 0 Å². The summed E-state index contributed by atoms with van der Waals surface area (Å²) in [5.74, 6) is 0.0720. The Bertz CT molecular complexity index is 599. The molecule has 2 nitrogen and oxygen atoms in total. The molecule has 0 fully saturated rings. The number of carbonyl (C=O) groups excluding carboxylic acids is 1. The van der Waals surface area contributed by atoms with E-state index in [0.717, 1.165) is 14.7 Å². The highest BCUT2D eigenvalue weighted by Gasteiger charge is 2.27. The smallest absolute Gasteiger partial charge is 0.254 e. The molecule has 1 amide bonds. The number of nitrogens with zero attached hydrogens (tertiary/aromatic N) is 1. The Morgan fingerprint density at radius 1 is 1.00 bits per heavy atom. The van der Waals surface area contributed by atoms with Crippen LogP contribution in [0.5, 0.6) is 0 Å². The molecule has 0 saturated heterocycles. The summed E-state index contributed by atoms with van der Waals surface area (Å²) in [7, 11) is 0. The molecule has 0 bridgehead atoms. The van der Waals surface area contributed by atoms with Gasteiger partial charge in [-0.2, -0.15) is 0 Å². The molecule has 0 unspecified atom stereocenters. The molecular weight excluding hydrogens is 373 g/mol. The molecule has 2 aromatic carbocycles. The van der Waals surface area contributed by atoms with E-state index in [4.69, 9.17) is 0 Å². The zero-order valence-electron chi connectivity index (χ0n) is 12.6. The largest absolute Gasteiger partial charge is 0.329 e. The Hall–Kier alpha value is -1.36. The first kappa shape index (κ1) is 16.0. The third-order valence-corrected chi connectivity index (χ3v) is 4.05. The fraction of sp³-hybridized carbons (Fsp3) is 0.278. The lowest BCUT2D eigenvalue weighted by Gasteiger charge is -2.36. The molecule has 0 aliphatic rings. The minimum absolute atomic E-state index is 0.0720. The summed E-state index contributed by atoms with van der Waals surface area (Å²) >= 11 is 2.25. The third-order valence-electron chi connectivity index (χ3n) is 3.33. The van der Waals surface area contributed by atoms with E-state index in [1.165, 1.54) is 0 Å². The fourth-order valence-corrected chi connectivity index (χ4v) is 2.49. The maximum atomic E-state index is 12.8. The first-order valence-electron chi connectivity index (χ1n) is 6.99. The highest BCUT2D eigenvalue weighted by molar-refractivity contribution is 14.1. The van der Waals surface area contributed by atoms with Crippen LogP contribution in [0.15, 0.2) is 54.6 Å². The van der Waals surface area contributed by atoms with Gasteiger partial charge in [-0.15, -0.1) is 0 Å². The predicted octanol–water partition coefficient (Wildman–Crippen LogP) is 4.73. The summed E-state index contributed by atoms with van der Waals surface area (Å²) in [5, 5.41) is 0. The number of hydrogen-bond donors (Lipinski definition) is 0. The van der Waals surface area contributed by atoms with Crippen molar-refractivity contribution >= 4 is 28.5 Å². The number of benzene rings is 2. The van der Waals surface area contributed by atoms with Gasteiger partial charge in [0.15, 0.2) is 0 Å². The molecular formula is C18H20INO. The second-order valence-corrected chi connectivity index (χ2v) is 7.30. The Morgan fingerprint density at radius 3 is 2.10 bits per heavy atom. The number of halogens is 1. The molecule has 0 heterocycles. The van der Waals surface area contributed by atoms with E-state index in [-0.39, 0.29) is 11.4 Å². The van der Waals surface area contributed by atoms with E-state index in [9.17, 15) is 4.79 Å². The quantitative estimate of drug-likeness (QED) is 0.691. The molecule has 2 rings (SSSR count). The highest BCUT2D eigenvalue weighted by atomic mass is 127. The number of hydrogen-bond acceptors (Lipinski definition) is 1. The molecule has 0 aromatic heterocycles. The zero-order valence-corrected chi connectivity index (χ0v) is 14.8. The van der Waals surface area contributed by atoms with Gasteiger partial charge >= 0.3 is 0 Å². The minimum atomic E-state index is -0.226. The van der Waals surface area contributed by atoms with Crippen molar-refractivity contribution < 1.29 is 4.79 Å². The van der Waals surface area contributed by atoms with E-state index in [1.807, 2.05) is 47.4 Å². The van der Waals surface area contributed by atoms with Crippen molar-refractivity contribution in [1.82, 2.24) is 4.90 Å². The van der Waals surface area contributed by atoms with Crippen LogP contribution in [0.25, 0.3) is 0 Å². The molecule has 3 heteroatoms. The van der Waals surface area contributed by atoms with Gasteiger partial charge in [-0.25, -0.2) is 0 Å². The Balaban J connectivity index is 2.28. The van der Waals surface area contributed by atoms with E-state index in [1.54, 1.807) is 0 Å². The minimum Gasteiger partial charge on any atom is -0.329 e. The van der Waals surface area contributed by atoms with Crippen LogP contribution in [0.1, 0.15) is 36.7 Å². The number of carbonyl (C=O) groups is 1. The Kier molecular flexibility index (Phi) is 5.04. The summed E-state index contributed by atoms with van der Waals surface area (Å²) in [6, 6.07) is 17.8. The van der Waals surface area contributed by atoms with Crippen molar-refractivity contribution in [3.8, 4) is 0 Å². The van der Waals surface area contributed by atoms with Crippen molar-refractivity contribution in [3.63, 3.8) is 0 Å². The summed E-state index contributed by atoms with van der Waals surface area (Å²) in [4.78, 5) is 14.8. The summed E-state index contributed by atoms with van der Waals surface area (Å²) in [6.07, 6.45) is 0. The average Bonchev–Trinajstić information content (AvgIpc) is 2.45. The standard InChI is InChI=1S/C18H20INO/c1-18(2,3)20(13-14-7-5-4-6-8-14)17(21)15-9-11-16(19)12-10-15/h4-12H,13H2,1-3H3. The molecule has 0 spiro atoms. The van der Waals surface area contributed by atoms with Gasteiger partial charge in [0.1, 0.15) is 0 Å². The normalized spacial score (nSPS) is 11.2. The first-order valence-corrected chi connectivity index (χ1v) is 8.07. The van der Waals surface area contributed by atoms with E-state index < -0.39 is 0 Å². The van der Waals surface area contributed by atoms with E-state index in [0.29, 0.717) is 6.54 Å². The maximum absolute atomic E-state index is 12.8. The molecule has 0 N–H and O–H groups in total. The van der Waals surface area contributed by atoms with Crippen molar-refractivity contribution in [1.29, 1.82) is 0 Å². The second kappa shape index (κ2) is 6.60. The molecule has 110 valence electrons. The van der Waals surface area contributed by atoms with Crippen molar-refractivity contribution in [3.05, 3.63) is 69.3 Å². The van der Waals surface area contributed by atoms with Gasteiger partial charge in [-0.05, 0) is 73.2 Å². The zero-order chi connectivity index (χ0) is 15.5. The lowest BCUT2D eigenvalue weighted by molar-refractivity contribution is 0.0559.